The van der Waals surface area contributed by atoms with Gasteiger partial charge in [0.1, 0.15) is 10.6 Å². The minimum absolute atomic E-state index is 0.00926. The van der Waals surface area contributed by atoms with Crippen LogP contribution in [-0.2, 0) is 26.1 Å². The lowest BCUT2D eigenvalue weighted by atomic mass is 10.2. The first-order valence-corrected chi connectivity index (χ1v) is 11.4. The summed E-state index contributed by atoms with van der Waals surface area (Å²) in [5.41, 5.74) is 1.58. The van der Waals surface area contributed by atoms with Gasteiger partial charge in [0.15, 0.2) is 0 Å². The molecule has 1 fully saturated rings. The number of hydrogen-bond acceptors (Lipinski definition) is 5. The summed E-state index contributed by atoms with van der Waals surface area (Å²) in [7, 11) is -2.55. The van der Waals surface area contributed by atoms with E-state index >= 15 is 0 Å². The number of amides is 1. The topological polar surface area (TPSA) is 84.9 Å². The largest absolute Gasteiger partial charge is 0.495 e. The first-order valence-electron chi connectivity index (χ1n) is 9.97. The molecule has 1 N–H and O–H groups in total. The number of carbonyl (C=O) groups excluding carboxylic acids is 1. The van der Waals surface area contributed by atoms with Crippen LogP contribution in [0.4, 0.5) is 0 Å². The Bertz CT molecular complexity index is 957. The van der Waals surface area contributed by atoms with Crippen molar-refractivity contribution in [1.82, 2.24) is 9.62 Å². The number of benzene rings is 2. The maximum Gasteiger partial charge on any atom is 0.247 e. The Hall–Kier alpha value is -2.42. The SMILES string of the molecule is COc1ccc(C)cc1S(=O)(=O)N(CC(=O)NCC1CCCO1)Cc1ccccc1. The molecule has 1 saturated heterocycles. The lowest BCUT2D eigenvalue weighted by Crippen LogP contribution is -2.42. The molecule has 0 aliphatic carbocycles. The van der Waals surface area contributed by atoms with Gasteiger partial charge in [0.25, 0.3) is 0 Å². The molecule has 0 spiro atoms. The van der Waals surface area contributed by atoms with E-state index in [1.165, 1.54) is 11.4 Å². The molecule has 0 saturated carbocycles. The zero-order valence-electron chi connectivity index (χ0n) is 17.3. The third-order valence-electron chi connectivity index (χ3n) is 5.01. The Balaban J connectivity index is 1.84. The maximum absolute atomic E-state index is 13.5. The molecule has 0 aromatic heterocycles. The van der Waals surface area contributed by atoms with Gasteiger partial charge >= 0.3 is 0 Å². The molecular weight excluding hydrogens is 404 g/mol. The molecule has 1 aliphatic rings. The van der Waals surface area contributed by atoms with Crippen LogP contribution in [0.25, 0.3) is 0 Å². The summed E-state index contributed by atoms with van der Waals surface area (Å²) < 4.78 is 39.0. The van der Waals surface area contributed by atoms with Crippen molar-refractivity contribution in [3.8, 4) is 5.75 Å². The average Bonchev–Trinajstić information content (AvgIpc) is 3.26. The number of aryl methyl sites for hydroxylation is 1. The third kappa shape index (κ3) is 5.59. The van der Waals surface area contributed by atoms with Crippen LogP contribution in [0.5, 0.6) is 5.75 Å². The van der Waals surface area contributed by atoms with Crippen LogP contribution >= 0.6 is 0 Å². The van der Waals surface area contributed by atoms with Crippen LogP contribution < -0.4 is 10.1 Å². The van der Waals surface area contributed by atoms with Crippen molar-refractivity contribution >= 4 is 15.9 Å². The standard InChI is InChI=1S/C22H28N2O5S/c1-17-10-11-20(28-2)21(13-17)30(26,27)24(15-18-7-4-3-5-8-18)16-22(25)23-14-19-9-6-12-29-19/h3-5,7-8,10-11,13,19H,6,9,12,14-16H2,1-2H3,(H,23,25). The van der Waals surface area contributed by atoms with Crippen molar-refractivity contribution in [2.75, 3.05) is 26.8 Å². The van der Waals surface area contributed by atoms with Crippen molar-refractivity contribution in [2.45, 2.75) is 37.3 Å². The third-order valence-corrected chi connectivity index (χ3v) is 6.82. The molecule has 1 aliphatic heterocycles. The summed E-state index contributed by atoms with van der Waals surface area (Å²) in [6, 6.07) is 14.2. The van der Waals surface area contributed by atoms with Crippen molar-refractivity contribution in [2.24, 2.45) is 0 Å². The lowest BCUT2D eigenvalue weighted by Gasteiger charge is -2.23. The molecule has 30 heavy (non-hydrogen) atoms. The Kier molecular flexibility index (Phi) is 7.47. The molecular formula is C22H28N2O5S. The van der Waals surface area contributed by atoms with Gasteiger partial charge in [-0.1, -0.05) is 36.4 Å². The molecule has 1 unspecified atom stereocenters. The van der Waals surface area contributed by atoms with Crippen molar-refractivity contribution in [3.63, 3.8) is 0 Å². The number of carbonyl (C=O) groups is 1. The van der Waals surface area contributed by atoms with Crippen LogP contribution in [0.1, 0.15) is 24.0 Å². The summed E-state index contributed by atoms with van der Waals surface area (Å²) in [6.07, 6.45) is 1.86. The summed E-state index contributed by atoms with van der Waals surface area (Å²) in [5, 5.41) is 2.80. The molecule has 3 rings (SSSR count). The predicted octanol–water partition coefficient (Wildman–Crippen LogP) is 2.49. The molecule has 162 valence electrons. The van der Waals surface area contributed by atoms with Gasteiger partial charge in [0.2, 0.25) is 15.9 Å². The normalized spacial score (nSPS) is 16.6. The number of nitrogens with zero attached hydrogens (tertiary/aromatic N) is 1. The Morgan fingerprint density at radius 2 is 2.00 bits per heavy atom. The van der Waals surface area contributed by atoms with E-state index < -0.39 is 10.0 Å². The van der Waals surface area contributed by atoms with Gasteiger partial charge in [-0.3, -0.25) is 4.79 Å². The maximum atomic E-state index is 13.5. The van der Waals surface area contributed by atoms with Crippen LogP contribution in [-0.4, -0.2) is 51.5 Å². The monoisotopic (exact) mass is 432 g/mol. The highest BCUT2D eigenvalue weighted by Crippen LogP contribution is 2.28. The molecule has 1 heterocycles. The molecule has 0 bridgehead atoms. The van der Waals surface area contributed by atoms with Gasteiger partial charge in [-0.25, -0.2) is 8.42 Å². The fraction of sp³-hybridized carbons (Fsp3) is 0.409. The predicted molar refractivity (Wildman–Crippen MR) is 114 cm³/mol. The van der Waals surface area contributed by atoms with Crippen LogP contribution in [0, 0.1) is 6.92 Å². The summed E-state index contributed by atoms with van der Waals surface area (Å²) in [5.74, 6) is -0.116. The average molecular weight is 433 g/mol. The number of ether oxygens (including phenoxy) is 2. The van der Waals surface area contributed by atoms with E-state index in [2.05, 4.69) is 5.32 Å². The number of hydrogen-bond donors (Lipinski definition) is 1. The Morgan fingerprint density at radius 1 is 1.23 bits per heavy atom. The van der Waals surface area contributed by atoms with Gasteiger partial charge in [-0.15, -0.1) is 0 Å². The number of rotatable bonds is 9. The molecule has 7 nitrogen and oxygen atoms in total. The fourth-order valence-electron chi connectivity index (χ4n) is 3.39. The van der Waals surface area contributed by atoms with Crippen LogP contribution in [0.15, 0.2) is 53.4 Å². The number of methoxy groups -OCH3 is 1. The zero-order valence-corrected chi connectivity index (χ0v) is 18.2. The smallest absolute Gasteiger partial charge is 0.247 e. The van der Waals surface area contributed by atoms with E-state index in [0.29, 0.717) is 13.2 Å². The molecule has 2 aromatic carbocycles. The highest BCUT2D eigenvalue weighted by molar-refractivity contribution is 7.89. The molecule has 0 radical (unpaired) electrons. The zero-order chi connectivity index (χ0) is 21.6. The van der Waals surface area contributed by atoms with Crippen molar-refractivity contribution in [1.29, 1.82) is 0 Å². The van der Waals surface area contributed by atoms with E-state index in [1.54, 1.807) is 18.2 Å². The van der Waals surface area contributed by atoms with E-state index in [4.69, 9.17) is 9.47 Å². The van der Waals surface area contributed by atoms with Gasteiger partial charge in [0, 0.05) is 19.7 Å². The molecule has 8 heteroatoms. The van der Waals surface area contributed by atoms with Crippen LogP contribution in [0.3, 0.4) is 0 Å². The number of sulfonamides is 1. The molecule has 1 amide bonds. The minimum atomic E-state index is -3.98. The second-order valence-electron chi connectivity index (χ2n) is 7.35. The van der Waals surface area contributed by atoms with Gasteiger partial charge in [-0.2, -0.15) is 4.31 Å². The summed E-state index contributed by atoms with van der Waals surface area (Å²) in [4.78, 5) is 12.6. The Labute approximate surface area is 178 Å². The Morgan fingerprint density at radius 3 is 2.67 bits per heavy atom. The van der Waals surface area contributed by atoms with Gasteiger partial charge < -0.3 is 14.8 Å². The second-order valence-corrected chi connectivity index (χ2v) is 9.26. The number of nitrogens with one attached hydrogen (secondary N) is 1. The first-order chi connectivity index (χ1) is 14.4. The highest BCUT2D eigenvalue weighted by Gasteiger charge is 2.30. The van der Waals surface area contributed by atoms with E-state index in [-0.39, 0.29) is 35.7 Å². The van der Waals surface area contributed by atoms with E-state index in [1.807, 2.05) is 37.3 Å². The second kappa shape index (κ2) is 10.1. The lowest BCUT2D eigenvalue weighted by molar-refractivity contribution is -0.121. The summed E-state index contributed by atoms with van der Waals surface area (Å²) in [6.45, 7) is 2.68. The van der Waals surface area contributed by atoms with Crippen molar-refractivity contribution in [3.05, 3.63) is 59.7 Å². The van der Waals surface area contributed by atoms with Crippen LogP contribution in [0.2, 0.25) is 0 Å². The van der Waals surface area contributed by atoms with Gasteiger partial charge in [-0.05, 0) is 43.0 Å². The van der Waals surface area contributed by atoms with E-state index in [0.717, 1.165) is 24.0 Å². The highest BCUT2D eigenvalue weighted by atomic mass is 32.2. The van der Waals surface area contributed by atoms with Gasteiger partial charge in [0.05, 0.1) is 19.8 Å². The molecule has 2 aromatic rings. The van der Waals surface area contributed by atoms with Crippen molar-refractivity contribution < 1.29 is 22.7 Å². The fourth-order valence-corrected chi connectivity index (χ4v) is 5.01. The first kappa shape index (κ1) is 22.3. The quantitative estimate of drug-likeness (QED) is 0.658. The minimum Gasteiger partial charge on any atom is -0.495 e. The summed E-state index contributed by atoms with van der Waals surface area (Å²) >= 11 is 0. The molecule has 1 atom stereocenters. The van der Waals surface area contributed by atoms with E-state index in [9.17, 15) is 13.2 Å².